The van der Waals surface area contributed by atoms with Crippen molar-refractivity contribution in [2.45, 2.75) is 45.3 Å². The van der Waals surface area contributed by atoms with Gasteiger partial charge < -0.3 is 30.7 Å². The Morgan fingerprint density at radius 1 is 1.03 bits per heavy atom. The second-order valence-electron chi connectivity index (χ2n) is 10.5. The number of benzene rings is 1. The van der Waals surface area contributed by atoms with Gasteiger partial charge in [0.25, 0.3) is 0 Å². The molecule has 2 fully saturated rings. The maximum Gasteiger partial charge on any atom is 0.229 e. The highest BCUT2D eigenvalue weighted by atomic mass is 15.4. The zero-order chi connectivity index (χ0) is 26.1. The molecule has 4 N–H and O–H groups in total. The Balaban J connectivity index is 1.29. The van der Waals surface area contributed by atoms with Gasteiger partial charge in [0.15, 0.2) is 22.8 Å². The molecular weight excluding hydrogens is 478 g/mol. The number of nitrogens with two attached hydrogens (primary N) is 1. The Hall–Kier alpha value is -3.70. The fourth-order valence-corrected chi connectivity index (χ4v) is 5.22. The average Bonchev–Trinajstić information content (AvgIpc) is 3.61. The first-order valence-electron chi connectivity index (χ1n) is 13.7. The Labute approximate surface area is 223 Å². The molecule has 200 valence electrons. The summed E-state index contributed by atoms with van der Waals surface area (Å²) in [6.45, 7) is 10.5. The van der Waals surface area contributed by atoms with Crippen molar-refractivity contribution in [3.8, 4) is 5.69 Å². The molecule has 0 amide bonds. The second-order valence-corrected chi connectivity index (χ2v) is 10.5. The van der Waals surface area contributed by atoms with E-state index >= 15 is 0 Å². The van der Waals surface area contributed by atoms with Crippen LogP contribution >= 0.6 is 0 Å². The monoisotopic (exact) mass is 515 g/mol. The topological polar surface area (TPSA) is 118 Å². The molecule has 1 aromatic carbocycles. The van der Waals surface area contributed by atoms with E-state index in [0.29, 0.717) is 6.54 Å². The van der Waals surface area contributed by atoms with Crippen molar-refractivity contribution in [3.05, 3.63) is 48.4 Å². The Kier molecular flexibility index (Phi) is 6.86. The summed E-state index contributed by atoms with van der Waals surface area (Å²) in [7, 11) is 0. The minimum absolute atomic E-state index is 0.246. The van der Waals surface area contributed by atoms with Crippen molar-refractivity contribution < 1.29 is 0 Å². The van der Waals surface area contributed by atoms with E-state index in [1.807, 2.05) is 17.2 Å². The van der Waals surface area contributed by atoms with Gasteiger partial charge in [-0.2, -0.15) is 15.1 Å². The molecule has 5 heterocycles. The molecule has 4 aromatic rings. The quantitative estimate of drug-likeness (QED) is 0.341. The molecule has 2 aliphatic rings. The zero-order valence-corrected chi connectivity index (χ0v) is 22.2. The number of imidazole rings is 1. The summed E-state index contributed by atoms with van der Waals surface area (Å²) in [6, 6.07) is 10.9. The second kappa shape index (κ2) is 10.6. The number of piperidine rings is 1. The van der Waals surface area contributed by atoms with E-state index in [0.717, 1.165) is 92.1 Å². The van der Waals surface area contributed by atoms with Crippen molar-refractivity contribution >= 4 is 28.7 Å². The molecule has 0 atom stereocenters. The summed E-state index contributed by atoms with van der Waals surface area (Å²) in [5.74, 6) is 2.49. The van der Waals surface area contributed by atoms with E-state index in [1.54, 1.807) is 0 Å². The Morgan fingerprint density at radius 2 is 1.82 bits per heavy atom. The van der Waals surface area contributed by atoms with Gasteiger partial charge in [-0.05, 0) is 38.3 Å². The first-order valence-corrected chi connectivity index (χ1v) is 13.7. The van der Waals surface area contributed by atoms with Crippen LogP contribution in [-0.2, 0) is 6.54 Å². The van der Waals surface area contributed by atoms with Crippen LogP contribution in [0.3, 0.4) is 0 Å². The number of aromatic nitrogens is 6. The lowest BCUT2D eigenvalue weighted by molar-refractivity contribution is 0.495. The molecule has 6 rings (SSSR count). The lowest BCUT2D eigenvalue weighted by Crippen LogP contribution is -2.43. The number of hydrogen-bond donors (Lipinski definition) is 3. The molecule has 2 aliphatic heterocycles. The number of para-hydroxylation sites is 1. The van der Waals surface area contributed by atoms with E-state index < -0.39 is 0 Å². The number of rotatable bonds is 7. The van der Waals surface area contributed by atoms with Crippen LogP contribution < -0.4 is 26.2 Å². The molecule has 0 aliphatic carbocycles. The van der Waals surface area contributed by atoms with Gasteiger partial charge >= 0.3 is 0 Å². The molecule has 0 saturated carbocycles. The first-order chi connectivity index (χ1) is 18.6. The van der Waals surface area contributed by atoms with Gasteiger partial charge in [-0.3, -0.25) is 0 Å². The van der Waals surface area contributed by atoms with Crippen molar-refractivity contribution in [1.29, 1.82) is 0 Å². The first kappa shape index (κ1) is 24.6. The predicted molar refractivity (Wildman–Crippen MR) is 151 cm³/mol. The normalized spacial score (nSPS) is 17.1. The summed E-state index contributed by atoms with van der Waals surface area (Å²) < 4.78 is 4.08. The van der Waals surface area contributed by atoms with Crippen LogP contribution in [-0.4, -0.2) is 74.6 Å². The zero-order valence-electron chi connectivity index (χ0n) is 22.2. The maximum atomic E-state index is 6.15. The Bertz CT molecular complexity index is 1380. The molecule has 11 nitrogen and oxygen atoms in total. The van der Waals surface area contributed by atoms with Crippen LogP contribution in [0.1, 0.15) is 38.3 Å². The lowest BCUT2D eigenvalue weighted by Gasteiger charge is -2.30. The summed E-state index contributed by atoms with van der Waals surface area (Å²) in [6.07, 6.45) is 5.80. The molecule has 0 bridgehead atoms. The third-order valence-corrected chi connectivity index (χ3v) is 7.49. The smallest absolute Gasteiger partial charge is 0.229 e. The number of fused-ring (bicyclic) bond motifs is 1. The van der Waals surface area contributed by atoms with Crippen LogP contribution in [0, 0.1) is 0 Å². The fourth-order valence-electron chi connectivity index (χ4n) is 5.22. The highest BCUT2D eigenvalue weighted by Gasteiger charge is 2.22. The minimum Gasteiger partial charge on any atom is -0.364 e. The SMILES string of the molecule is CC(C)n1cnc2c(NCc3ccccc3-n3ccc(N4CCNCC4)n3)nc(N3CCC(N)CC3)nc21. The Morgan fingerprint density at radius 3 is 2.61 bits per heavy atom. The largest absolute Gasteiger partial charge is 0.364 e. The molecule has 2 saturated heterocycles. The van der Waals surface area contributed by atoms with Crippen LogP contribution in [0.5, 0.6) is 0 Å². The van der Waals surface area contributed by atoms with Gasteiger partial charge in [-0.25, -0.2) is 9.67 Å². The third kappa shape index (κ3) is 4.91. The van der Waals surface area contributed by atoms with Crippen LogP contribution in [0.15, 0.2) is 42.9 Å². The van der Waals surface area contributed by atoms with Crippen molar-refractivity contribution in [1.82, 2.24) is 34.6 Å². The number of hydrogen-bond acceptors (Lipinski definition) is 9. The maximum absolute atomic E-state index is 6.15. The van der Waals surface area contributed by atoms with Crippen molar-refractivity contribution in [2.75, 3.05) is 54.4 Å². The number of anilines is 3. The predicted octanol–water partition coefficient (Wildman–Crippen LogP) is 2.54. The fraction of sp³-hybridized carbons (Fsp3) is 0.481. The molecule has 3 aromatic heterocycles. The molecule has 11 heteroatoms. The van der Waals surface area contributed by atoms with Crippen LogP contribution in [0.2, 0.25) is 0 Å². The molecular formula is C27H37N11. The van der Waals surface area contributed by atoms with Gasteiger partial charge in [-0.1, -0.05) is 18.2 Å². The van der Waals surface area contributed by atoms with E-state index in [1.165, 1.54) is 0 Å². The standard InChI is InChI=1S/C27H37N11/c1-19(2)37-18-31-24-25(32-27(33-26(24)37)36-12-7-21(28)8-13-36)30-17-20-5-3-4-6-22(20)38-14-9-23(34-38)35-15-10-29-11-16-35/h3-6,9,14,18-19,21,29H,7-8,10-13,15-17,28H2,1-2H3,(H,30,32,33). The molecule has 0 unspecified atom stereocenters. The van der Waals surface area contributed by atoms with Crippen LogP contribution in [0.4, 0.5) is 17.6 Å². The van der Waals surface area contributed by atoms with Gasteiger partial charge in [0, 0.05) is 70.2 Å². The molecule has 0 radical (unpaired) electrons. The van der Waals surface area contributed by atoms with E-state index in [4.69, 9.17) is 25.8 Å². The number of nitrogens with one attached hydrogen (secondary N) is 2. The van der Waals surface area contributed by atoms with Crippen LogP contribution in [0.25, 0.3) is 16.9 Å². The number of piperazine rings is 1. The average molecular weight is 516 g/mol. The van der Waals surface area contributed by atoms with Crippen molar-refractivity contribution in [3.63, 3.8) is 0 Å². The van der Waals surface area contributed by atoms with Gasteiger partial charge in [0.2, 0.25) is 5.95 Å². The minimum atomic E-state index is 0.246. The summed E-state index contributed by atoms with van der Waals surface area (Å²) in [5, 5.41) is 11.9. The van der Waals surface area contributed by atoms with E-state index in [2.05, 4.69) is 69.2 Å². The highest BCUT2D eigenvalue weighted by molar-refractivity contribution is 5.84. The van der Waals surface area contributed by atoms with E-state index in [-0.39, 0.29) is 12.1 Å². The third-order valence-electron chi connectivity index (χ3n) is 7.49. The lowest BCUT2D eigenvalue weighted by atomic mass is 10.1. The van der Waals surface area contributed by atoms with Gasteiger partial charge in [0.1, 0.15) is 0 Å². The number of nitrogens with zero attached hydrogens (tertiary/aromatic N) is 8. The molecule has 38 heavy (non-hydrogen) atoms. The van der Waals surface area contributed by atoms with Gasteiger partial charge in [0.05, 0.1) is 12.0 Å². The summed E-state index contributed by atoms with van der Waals surface area (Å²) in [4.78, 5) is 19.2. The highest BCUT2D eigenvalue weighted by Crippen LogP contribution is 2.27. The summed E-state index contributed by atoms with van der Waals surface area (Å²) >= 11 is 0. The van der Waals surface area contributed by atoms with Crippen molar-refractivity contribution in [2.24, 2.45) is 5.73 Å². The van der Waals surface area contributed by atoms with Gasteiger partial charge in [-0.15, -0.1) is 0 Å². The van der Waals surface area contributed by atoms with E-state index in [9.17, 15) is 0 Å². The molecule has 0 spiro atoms. The summed E-state index contributed by atoms with van der Waals surface area (Å²) in [5.41, 5.74) is 9.96.